The number of rotatable bonds is 1. The summed E-state index contributed by atoms with van der Waals surface area (Å²) in [7, 11) is 0. The van der Waals surface area contributed by atoms with Crippen molar-refractivity contribution in [3.63, 3.8) is 0 Å². The summed E-state index contributed by atoms with van der Waals surface area (Å²) in [6.45, 7) is 8.25. The molecular weight excluding hydrogens is 180 g/mol. The largest absolute Gasteiger partial charge is 0.463 e. The Morgan fingerprint density at radius 3 is 2.64 bits per heavy atom. The van der Waals surface area contributed by atoms with Gasteiger partial charge in [0.25, 0.3) is 0 Å². The van der Waals surface area contributed by atoms with Gasteiger partial charge in [-0.05, 0) is 18.3 Å². The van der Waals surface area contributed by atoms with Gasteiger partial charge >= 0.3 is 6.02 Å². The van der Waals surface area contributed by atoms with Crippen LogP contribution in [-0.2, 0) is 9.57 Å². The van der Waals surface area contributed by atoms with E-state index in [9.17, 15) is 0 Å². The molecule has 1 saturated heterocycles. The van der Waals surface area contributed by atoms with Gasteiger partial charge in [-0.25, -0.2) is 10.5 Å². The van der Waals surface area contributed by atoms with Crippen LogP contribution in [0, 0.1) is 10.8 Å². The normalized spacial score (nSPS) is 18.1. The molecule has 1 rings (SSSR count). The van der Waals surface area contributed by atoms with Crippen LogP contribution in [0.4, 0.5) is 0 Å². The molecule has 0 amide bonds. The second-order valence-corrected chi connectivity index (χ2v) is 4.80. The molecule has 0 radical (unpaired) electrons. The number of nitrogens with one attached hydrogen (secondary N) is 1. The lowest BCUT2D eigenvalue weighted by Gasteiger charge is -2.28. The monoisotopic (exact) mass is 200 g/mol. The van der Waals surface area contributed by atoms with Crippen molar-refractivity contribution in [2.24, 2.45) is 5.41 Å². The van der Waals surface area contributed by atoms with E-state index in [0.717, 1.165) is 19.4 Å². The molecule has 1 fully saturated rings. The fourth-order valence-electron chi connectivity index (χ4n) is 1.11. The third kappa shape index (κ3) is 3.96. The predicted molar refractivity (Wildman–Crippen MR) is 55.0 cm³/mol. The molecule has 4 nitrogen and oxygen atoms in total. The number of hydrogen-bond donors (Lipinski definition) is 1. The van der Waals surface area contributed by atoms with E-state index in [-0.39, 0.29) is 11.4 Å². The first kappa shape index (κ1) is 11.3. The van der Waals surface area contributed by atoms with Gasteiger partial charge in [-0.1, -0.05) is 20.8 Å². The molecule has 4 heteroatoms. The van der Waals surface area contributed by atoms with E-state index in [0.29, 0.717) is 13.2 Å². The summed E-state index contributed by atoms with van der Waals surface area (Å²) in [5.41, 5.74) is 0.0854. The molecule has 1 aliphatic heterocycles. The summed E-state index contributed by atoms with van der Waals surface area (Å²) < 4.78 is 5.33. The fourth-order valence-corrected chi connectivity index (χ4v) is 1.11. The lowest BCUT2D eigenvalue weighted by atomic mass is 9.99. The van der Waals surface area contributed by atoms with Crippen molar-refractivity contribution >= 4 is 6.02 Å². The Hall–Kier alpha value is -0.770. The number of hydrogen-bond acceptors (Lipinski definition) is 3. The van der Waals surface area contributed by atoms with Gasteiger partial charge < -0.3 is 4.74 Å². The molecule has 0 unspecified atom stereocenters. The van der Waals surface area contributed by atoms with E-state index in [1.54, 1.807) is 0 Å². The first-order valence-electron chi connectivity index (χ1n) is 5.11. The van der Waals surface area contributed by atoms with Crippen molar-refractivity contribution in [2.75, 3.05) is 19.8 Å². The highest BCUT2D eigenvalue weighted by atomic mass is 16.7. The van der Waals surface area contributed by atoms with Crippen LogP contribution in [0.25, 0.3) is 0 Å². The maximum atomic E-state index is 7.64. The first-order chi connectivity index (χ1) is 6.49. The minimum Gasteiger partial charge on any atom is -0.463 e. The Bertz CT molecular complexity index is 193. The number of ether oxygens (including phenoxy) is 1. The second kappa shape index (κ2) is 4.64. The lowest BCUT2D eigenvalue weighted by Crippen LogP contribution is -2.37. The summed E-state index contributed by atoms with van der Waals surface area (Å²) in [6.07, 6.45) is 2.14. The van der Waals surface area contributed by atoms with E-state index >= 15 is 0 Å². The zero-order chi connectivity index (χ0) is 10.6. The highest BCUT2D eigenvalue weighted by Crippen LogP contribution is 2.14. The molecule has 0 atom stereocenters. The summed E-state index contributed by atoms with van der Waals surface area (Å²) in [5.74, 6) is 0. The molecule has 0 aromatic heterocycles. The number of amidine groups is 1. The minimum atomic E-state index is 0.0854. The molecule has 0 aromatic rings. The Labute approximate surface area is 85.6 Å². The van der Waals surface area contributed by atoms with E-state index < -0.39 is 0 Å². The molecule has 0 spiro atoms. The van der Waals surface area contributed by atoms with Crippen LogP contribution in [0.15, 0.2) is 0 Å². The standard InChI is InChI=1S/C10H20N2O2/c1-10(2,3)8-13-9(11)12-6-4-5-7-14-12/h11H,4-8H2,1-3H3. The third-order valence-electron chi connectivity index (χ3n) is 1.87. The predicted octanol–water partition coefficient (Wildman–Crippen LogP) is 2.01. The maximum Gasteiger partial charge on any atom is 0.309 e. The average Bonchev–Trinajstić information content (AvgIpc) is 2.14. The van der Waals surface area contributed by atoms with Gasteiger partial charge in [-0.15, -0.1) is 0 Å². The van der Waals surface area contributed by atoms with Crippen LogP contribution in [0.3, 0.4) is 0 Å². The van der Waals surface area contributed by atoms with Crippen LogP contribution in [0.2, 0.25) is 0 Å². The van der Waals surface area contributed by atoms with Gasteiger partial charge in [0.05, 0.1) is 19.8 Å². The van der Waals surface area contributed by atoms with Crippen molar-refractivity contribution in [3.8, 4) is 0 Å². The molecule has 0 aromatic carbocycles. The number of nitrogens with zero attached hydrogens (tertiary/aromatic N) is 1. The SMILES string of the molecule is CC(C)(C)COC(=N)N1CCCCO1. The maximum absolute atomic E-state index is 7.64. The zero-order valence-electron chi connectivity index (χ0n) is 9.30. The van der Waals surface area contributed by atoms with E-state index in [1.807, 2.05) is 0 Å². The van der Waals surface area contributed by atoms with Crippen LogP contribution in [0.5, 0.6) is 0 Å². The van der Waals surface area contributed by atoms with Gasteiger partial charge in [-0.2, -0.15) is 0 Å². The van der Waals surface area contributed by atoms with Gasteiger partial charge in [0.2, 0.25) is 0 Å². The van der Waals surface area contributed by atoms with Gasteiger partial charge in [-0.3, -0.25) is 4.84 Å². The Kier molecular flexibility index (Phi) is 3.75. The molecule has 14 heavy (non-hydrogen) atoms. The van der Waals surface area contributed by atoms with Crippen molar-refractivity contribution in [2.45, 2.75) is 33.6 Å². The van der Waals surface area contributed by atoms with E-state index in [4.69, 9.17) is 15.0 Å². The minimum absolute atomic E-state index is 0.0854. The van der Waals surface area contributed by atoms with Crippen LogP contribution < -0.4 is 0 Å². The highest BCUT2D eigenvalue weighted by molar-refractivity contribution is 5.69. The quantitative estimate of drug-likeness (QED) is 0.520. The highest BCUT2D eigenvalue weighted by Gasteiger charge is 2.18. The zero-order valence-corrected chi connectivity index (χ0v) is 9.30. The molecule has 1 heterocycles. The van der Waals surface area contributed by atoms with Crippen molar-refractivity contribution in [1.82, 2.24) is 5.06 Å². The first-order valence-corrected chi connectivity index (χ1v) is 5.11. The number of hydroxylamine groups is 2. The lowest BCUT2D eigenvalue weighted by molar-refractivity contribution is -0.141. The summed E-state index contributed by atoms with van der Waals surface area (Å²) in [6, 6.07) is 0.139. The van der Waals surface area contributed by atoms with Crippen LogP contribution in [0.1, 0.15) is 33.6 Å². The Morgan fingerprint density at radius 1 is 1.43 bits per heavy atom. The molecule has 1 N–H and O–H groups in total. The summed E-state index contributed by atoms with van der Waals surface area (Å²) >= 11 is 0. The summed E-state index contributed by atoms with van der Waals surface area (Å²) in [4.78, 5) is 5.29. The molecule has 82 valence electrons. The van der Waals surface area contributed by atoms with Gasteiger partial charge in [0.15, 0.2) is 0 Å². The Balaban J connectivity index is 2.27. The Morgan fingerprint density at radius 2 is 2.14 bits per heavy atom. The molecule has 0 bridgehead atoms. The van der Waals surface area contributed by atoms with Gasteiger partial charge in [0, 0.05) is 0 Å². The van der Waals surface area contributed by atoms with Gasteiger partial charge in [0.1, 0.15) is 0 Å². The third-order valence-corrected chi connectivity index (χ3v) is 1.87. The van der Waals surface area contributed by atoms with E-state index in [1.165, 1.54) is 5.06 Å². The van der Waals surface area contributed by atoms with Crippen LogP contribution in [-0.4, -0.2) is 30.8 Å². The fraction of sp³-hybridized carbons (Fsp3) is 0.900. The van der Waals surface area contributed by atoms with Crippen molar-refractivity contribution in [3.05, 3.63) is 0 Å². The van der Waals surface area contributed by atoms with E-state index in [2.05, 4.69) is 20.8 Å². The topological polar surface area (TPSA) is 45.5 Å². The van der Waals surface area contributed by atoms with Crippen molar-refractivity contribution in [1.29, 1.82) is 5.41 Å². The van der Waals surface area contributed by atoms with Crippen LogP contribution >= 0.6 is 0 Å². The molecule has 0 aliphatic carbocycles. The molecular formula is C10H20N2O2. The average molecular weight is 200 g/mol. The molecule has 0 saturated carbocycles. The van der Waals surface area contributed by atoms with Crippen molar-refractivity contribution < 1.29 is 9.57 Å². The second-order valence-electron chi connectivity index (χ2n) is 4.80. The summed E-state index contributed by atoms with van der Waals surface area (Å²) in [5, 5.41) is 9.18. The molecule has 1 aliphatic rings. The smallest absolute Gasteiger partial charge is 0.309 e.